The van der Waals surface area contributed by atoms with E-state index in [1.54, 1.807) is 37.4 Å². The second-order valence-corrected chi connectivity index (χ2v) is 7.40. The van der Waals surface area contributed by atoms with E-state index in [9.17, 15) is 29.6 Å². The molecular weight excluding hydrogens is 422 g/mol. The summed E-state index contributed by atoms with van der Waals surface area (Å²) in [6, 6.07) is 10.5. The standard InChI is InChI=1S/C21H25N3O8/c1-21(20(27)28,16-6-4-15-11-17(31-3)7-5-14(15)10-16)12-19(26)23(2)13-18(25)22-8-9-32-24(29)30/h4-7,10-11H,8-9,12-13H2,1-3H3,(H,22,25)(H,27,28)/t21-/m0/s1. The number of likely N-dealkylation sites (N-methyl/N-ethyl adjacent to an activating group) is 1. The number of nitrogens with zero attached hydrogens (tertiary/aromatic N) is 2. The Kier molecular flexibility index (Phi) is 7.94. The Morgan fingerprint density at radius 2 is 1.84 bits per heavy atom. The predicted molar refractivity (Wildman–Crippen MR) is 114 cm³/mol. The smallest absolute Gasteiger partial charge is 0.314 e. The lowest BCUT2D eigenvalue weighted by Gasteiger charge is -2.27. The van der Waals surface area contributed by atoms with Crippen LogP contribution in [0.2, 0.25) is 0 Å². The van der Waals surface area contributed by atoms with Gasteiger partial charge in [0.1, 0.15) is 12.4 Å². The third-order valence-electron chi connectivity index (χ3n) is 5.09. The first kappa shape index (κ1) is 24.4. The monoisotopic (exact) mass is 447 g/mol. The van der Waals surface area contributed by atoms with E-state index in [-0.39, 0.29) is 26.1 Å². The van der Waals surface area contributed by atoms with Crippen molar-refractivity contribution in [2.45, 2.75) is 18.8 Å². The van der Waals surface area contributed by atoms with Crippen LogP contribution < -0.4 is 10.1 Å². The number of hydrogen-bond acceptors (Lipinski definition) is 7. The number of carboxylic acids is 1. The van der Waals surface area contributed by atoms with Gasteiger partial charge in [-0.1, -0.05) is 18.2 Å². The summed E-state index contributed by atoms with van der Waals surface area (Å²) < 4.78 is 5.20. The maximum atomic E-state index is 12.7. The average Bonchev–Trinajstić information content (AvgIpc) is 2.75. The molecule has 1 atom stereocenters. The molecule has 0 spiro atoms. The number of methoxy groups -OCH3 is 1. The van der Waals surface area contributed by atoms with Crippen molar-refractivity contribution in [1.29, 1.82) is 0 Å². The van der Waals surface area contributed by atoms with Crippen LogP contribution in [0.4, 0.5) is 0 Å². The Morgan fingerprint density at radius 1 is 1.19 bits per heavy atom. The molecule has 0 saturated heterocycles. The first-order valence-corrected chi connectivity index (χ1v) is 9.66. The summed E-state index contributed by atoms with van der Waals surface area (Å²) in [4.78, 5) is 52.0. The molecule has 2 amide bonds. The molecule has 11 heteroatoms. The second kappa shape index (κ2) is 10.4. The fourth-order valence-corrected chi connectivity index (χ4v) is 3.10. The summed E-state index contributed by atoms with van der Waals surface area (Å²) in [5.74, 6) is -1.59. The highest BCUT2D eigenvalue weighted by Crippen LogP contribution is 2.32. The number of fused-ring (bicyclic) bond motifs is 1. The topological polar surface area (TPSA) is 148 Å². The first-order valence-electron chi connectivity index (χ1n) is 9.66. The molecule has 0 aliphatic rings. The quantitative estimate of drug-likeness (QED) is 0.298. The molecule has 2 N–H and O–H groups in total. The molecule has 32 heavy (non-hydrogen) atoms. The van der Waals surface area contributed by atoms with Gasteiger partial charge >= 0.3 is 5.97 Å². The SMILES string of the molecule is COc1ccc2cc([C@](C)(CC(=O)N(C)CC(=O)NCCO[N+](=O)[O-])C(=O)O)ccc2c1. The van der Waals surface area contributed by atoms with E-state index in [1.165, 1.54) is 14.0 Å². The van der Waals surface area contributed by atoms with Crippen LogP contribution in [0.25, 0.3) is 10.8 Å². The molecule has 0 fully saturated rings. The molecular formula is C21H25N3O8. The molecule has 0 bridgehead atoms. The largest absolute Gasteiger partial charge is 0.497 e. The third kappa shape index (κ3) is 6.06. The molecule has 0 aliphatic heterocycles. The number of carboxylic acid groups (broad SMARTS) is 1. The van der Waals surface area contributed by atoms with Crippen molar-refractivity contribution in [1.82, 2.24) is 10.2 Å². The van der Waals surface area contributed by atoms with Crippen molar-refractivity contribution < 1.29 is 34.2 Å². The van der Waals surface area contributed by atoms with Gasteiger partial charge in [-0.15, -0.1) is 10.1 Å². The molecule has 172 valence electrons. The summed E-state index contributed by atoms with van der Waals surface area (Å²) in [5.41, 5.74) is -1.07. The lowest BCUT2D eigenvalue weighted by atomic mass is 9.78. The average molecular weight is 447 g/mol. The number of rotatable bonds is 11. The van der Waals surface area contributed by atoms with Crippen molar-refractivity contribution in [3.8, 4) is 5.75 Å². The van der Waals surface area contributed by atoms with E-state index in [1.807, 2.05) is 6.07 Å². The molecule has 0 aliphatic carbocycles. The highest BCUT2D eigenvalue weighted by atomic mass is 16.9. The highest BCUT2D eigenvalue weighted by molar-refractivity contribution is 5.93. The number of ether oxygens (including phenoxy) is 1. The number of amides is 2. The maximum Gasteiger partial charge on any atom is 0.314 e. The molecule has 11 nitrogen and oxygen atoms in total. The first-order chi connectivity index (χ1) is 15.1. The van der Waals surface area contributed by atoms with Crippen LogP contribution in [-0.4, -0.2) is 66.7 Å². The van der Waals surface area contributed by atoms with E-state index >= 15 is 0 Å². The van der Waals surface area contributed by atoms with Gasteiger partial charge in [0, 0.05) is 20.0 Å². The summed E-state index contributed by atoms with van der Waals surface area (Å²) in [5, 5.41) is 23.1. The Balaban J connectivity index is 2.10. The molecule has 2 aromatic carbocycles. The Labute approximate surface area is 184 Å². The minimum Gasteiger partial charge on any atom is -0.497 e. The normalized spacial score (nSPS) is 12.5. The van der Waals surface area contributed by atoms with Crippen molar-refractivity contribution in [3.63, 3.8) is 0 Å². The number of aliphatic carboxylic acids is 1. The van der Waals surface area contributed by atoms with Crippen LogP contribution >= 0.6 is 0 Å². The maximum absolute atomic E-state index is 12.7. The fraction of sp³-hybridized carbons (Fsp3) is 0.381. The van der Waals surface area contributed by atoms with Crippen molar-refractivity contribution in [2.24, 2.45) is 0 Å². The molecule has 2 rings (SSSR count). The minimum atomic E-state index is -1.52. The van der Waals surface area contributed by atoms with E-state index in [2.05, 4.69) is 10.2 Å². The lowest BCUT2D eigenvalue weighted by Crippen LogP contribution is -2.43. The third-order valence-corrected chi connectivity index (χ3v) is 5.09. The lowest BCUT2D eigenvalue weighted by molar-refractivity contribution is -0.757. The molecule has 0 radical (unpaired) electrons. The zero-order valence-corrected chi connectivity index (χ0v) is 18.0. The number of hydrogen-bond donors (Lipinski definition) is 2. The number of carbonyl (C=O) groups is 3. The molecule has 0 saturated carbocycles. The number of benzene rings is 2. The summed E-state index contributed by atoms with van der Waals surface area (Å²) >= 11 is 0. The van der Waals surface area contributed by atoms with Crippen molar-refractivity contribution in [3.05, 3.63) is 52.1 Å². The van der Waals surface area contributed by atoms with E-state index < -0.39 is 28.3 Å². The van der Waals surface area contributed by atoms with Crippen LogP contribution in [0.15, 0.2) is 36.4 Å². The van der Waals surface area contributed by atoms with E-state index in [0.717, 1.165) is 15.7 Å². The minimum absolute atomic E-state index is 0.101. The Hall–Kier alpha value is -3.89. The van der Waals surface area contributed by atoms with Gasteiger partial charge in [-0.2, -0.15) is 0 Å². The zero-order valence-electron chi connectivity index (χ0n) is 18.0. The number of nitrogens with one attached hydrogen (secondary N) is 1. The van der Waals surface area contributed by atoms with Gasteiger partial charge < -0.3 is 24.9 Å². The van der Waals surface area contributed by atoms with Gasteiger partial charge in [0.25, 0.3) is 5.09 Å². The van der Waals surface area contributed by atoms with Gasteiger partial charge in [0.15, 0.2) is 0 Å². The van der Waals surface area contributed by atoms with Crippen molar-refractivity contribution in [2.75, 3.05) is 33.9 Å². The summed E-state index contributed by atoms with van der Waals surface area (Å²) in [7, 11) is 2.93. The molecule has 0 unspecified atom stereocenters. The van der Waals surface area contributed by atoms with Gasteiger partial charge in [0.2, 0.25) is 11.8 Å². The van der Waals surface area contributed by atoms with Gasteiger partial charge in [-0.05, 0) is 41.5 Å². The van der Waals surface area contributed by atoms with Crippen LogP contribution in [0, 0.1) is 10.1 Å². The van der Waals surface area contributed by atoms with Crippen LogP contribution in [0.5, 0.6) is 5.75 Å². The second-order valence-electron chi connectivity index (χ2n) is 7.40. The van der Waals surface area contributed by atoms with Crippen LogP contribution in [0.3, 0.4) is 0 Å². The van der Waals surface area contributed by atoms with E-state index in [0.29, 0.717) is 11.3 Å². The Bertz CT molecular complexity index is 1030. The predicted octanol–water partition coefficient (Wildman–Crippen LogP) is 1.36. The summed E-state index contributed by atoms with van der Waals surface area (Å²) in [6.45, 7) is 0.711. The fourth-order valence-electron chi connectivity index (χ4n) is 3.10. The van der Waals surface area contributed by atoms with Gasteiger partial charge in [0.05, 0.1) is 19.1 Å². The highest BCUT2D eigenvalue weighted by Gasteiger charge is 2.38. The molecule has 0 aromatic heterocycles. The van der Waals surface area contributed by atoms with E-state index in [4.69, 9.17) is 4.74 Å². The van der Waals surface area contributed by atoms with Gasteiger partial charge in [-0.25, -0.2) is 0 Å². The van der Waals surface area contributed by atoms with Crippen LogP contribution in [0.1, 0.15) is 18.9 Å². The molecule has 2 aromatic rings. The van der Waals surface area contributed by atoms with Crippen molar-refractivity contribution >= 4 is 28.6 Å². The summed E-state index contributed by atoms with van der Waals surface area (Å²) in [6.07, 6.45) is -0.363. The van der Waals surface area contributed by atoms with Gasteiger partial charge in [-0.3, -0.25) is 14.4 Å². The van der Waals surface area contributed by atoms with Crippen LogP contribution in [-0.2, 0) is 24.6 Å². The Morgan fingerprint density at radius 3 is 2.47 bits per heavy atom. The number of carbonyl (C=O) groups excluding carboxylic acids is 2. The molecule has 0 heterocycles. The zero-order chi connectivity index (χ0) is 23.9.